The standard InChI is InChI=1S/C10H15N3O2/c1-2-15-10(14)4-3-5-12-9-8-11-6-7-13-9/h6-8H,2-5H2,1H3,(H,12,13). The lowest BCUT2D eigenvalue weighted by Gasteiger charge is -2.04. The van der Waals surface area contributed by atoms with Crippen molar-refractivity contribution in [2.24, 2.45) is 0 Å². The molecule has 5 heteroatoms. The molecular formula is C10H15N3O2. The third kappa shape index (κ3) is 4.95. The van der Waals surface area contributed by atoms with Gasteiger partial charge >= 0.3 is 5.97 Å². The van der Waals surface area contributed by atoms with Gasteiger partial charge < -0.3 is 10.1 Å². The van der Waals surface area contributed by atoms with E-state index in [1.807, 2.05) is 0 Å². The summed E-state index contributed by atoms with van der Waals surface area (Å²) < 4.78 is 4.80. The molecule has 0 atom stereocenters. The van der Waals surface area contributed by atoms with Gasteiger partial charge in [0, 0.05) is 25.4 Å². The highest BCUT2D eigenvalue weighted by molar-refractivity contribution is 5.69. The van der Waals surface area contributed by atoms with Crippen LogP contribution in [0.3, 0.4) is 0 Å². The molecule has 1 heterocycles. The number of ether oxygens (including phenoxy) is 1. The molecular weight excluding hydrogens is 194 g/mol. The molecule has 0 aliphatic rings. The fraction of sp³-hybridized carbons (Fsp3) is 0.500. The van der Waals surface area contributed by atoms with Crippen LogP contribution in [0.15, 0.2) is 18.6 Å². The second-order valence-electron chi connectivity index (χ2n) is 2.93. The van der Waals surface area contributed by atoms with Crippen LogP contribution in [0, 0.1) is 0 Å². The number of carbonyl (C=O) groups excluding carboxylic acids is 1. The van der Waals surface area contributed by atoms with E-state index in [2.05, 4.69) is 15.3 Å². The molecule has 1 rings (SSSR count). The minimum Gasteiger partial charge on any atom is -0.466 e. The summed E-state index contributed by atoms with van der Waals surface area (Å²) in [5.74, 6) is 0.569. The summed E-state index contributed by atoms with van der Waals surface area (Å²) in [5.41, 5.74) is 0. The lowest BCUT2D eigenvalue weighted by molar-refractivity contribution is -0.143. The molecule has 0 unspecified atom stereocenters. The summed E-state index contributed by atoms with van der Waals surface area (Å²) in [4.78, 5) is 18.9. The maximum Gasteiger partial charge on any atom is 0.305 e. The zero-order chi connectivity index (χ0) is 10.9. The Bertz CT molecular complexity index is 290. The van der Waals surface area contributed by atoms with Gasteiger partial charge in [0.2, 0.25) is 0 Å². The first kappa shape index (κ1) is 11.4. The number of hydrogen-bond donors (Lipinski definition) is 1. The Morgan fingerprint density at radius 3 is 3.07 bits per heavy atom. The van der Waals surface area contributed by atoms with Gasteiger partial charge in [-0.1, -0.05) is 0 Å². The Hall–Kier alpha value is -1.65. The van der Waals surface area contributed by atoms with E-state index < -0.39 is 0 Å². The predicted molar refractivity (Wildman–Crippen MR) is 56.4 cm³/mol. The average molecular weight is 209 g/mol. The fourth-order valence-electron chi connectivity index (χ4n) is 1.07. The van der Waals surface area contributed by atoms with Crippen molar-refractivity contribution in [3.05, 3.63) is 18.6 Å². The van der Waals surface area contributed by atoms with Crippen molar-refractivity contribution in [2.45, 2.75) is 19.8 Å². The Kier molecular flexibility index (Phi) is 5.14. The summed E-state index contributed by atoms with van der Waals surface area (Å²) in [6.07, 6.45) is 6.04. The van der Waals surface area contributed by atoms with Gasteiger partial charge in [0.15, 0.2) is 0 Å². The smallest absolute Gasteiger partial charge is 0.305 e. The van der Waals surface area contributed by atoms with Crippen LogP contribution in [-0.4, -0.2) is 29.1 Å². The van der Waals surface area contributed by atoms with Gasteiger partial charge in [0.1, 0.15) is 5.82 Å². The van der Waals surface area contributed by atoms with E-state index >= 15 is 0 Å². The fourth-order valence-corrected chi connectivity index (χ4v) is 1.07. The van der Waals surface area contributed by atoms with Crippen LogP contribution in [0.4, 0.5) is 5.82 Å². The SMILES string of the molecule is CCOC(=O)CCCNc1cnccn1. The Morgan fingerprint density at radius 1 is 1.53 bits per heavy atom. The number of esters is 1. The highest BCUT2D eigenvalue weighted by Gasteiger charge is 2.00. The predicted octanol–water partition coefficient (Wildman–Crippen LogP) is 1.23. The first-order valence-electron chi connectivity index (χ1n) is 4.98. The molecule has 0 aromatic carbocycles. The average Bonchev–Trinajstić information content (AvgIpc) is 2.26. The van der Waals surface area contributed by atoms with E-state index in [0.717, 1.165) is 12.2 Å². The molecule has 0 fully saturated rings. The zero-order valence-electron chi connectivity index (χ0n) is 8.77. The van der Waals surface area contributed by atoms with Gasteiger partial charge in [-0.05, 0) is 13.3 Å². The molecule has 0 saturated carbocycles. The Balaban J connectivity index is 2.10. The number of aromatic nitrogens is 2. The number of nitrogens with one attached hydrogen (secondary N) is 1. The van der Waals surface area contributed by atoms with Gasteiger partial charge in [-0.15, -0.1) is 0 Å². The molecule has 0 radical (unpaired) electrons. The molecule has 5 nitrogen and oxygen atoms in total. The van der Waals surface area contributed by atoms with E-state index in [1.165, 1.54) is 0 Å². The van der Waals surface area contributed by atoms with Crippen LogP contribution >= 0.6 is 0 Å². The molecule has 0 saturated heterocycles. The van der Waals surface area contributed by atoms with Crippen molar-refractivity contribution >= 4 is 11.8 Å². The number of anilines is 1. The summed E-state index contributed by atoms with van der Waals surface area (Å²) in [7, 11) is 0. The van der Waals surface area contributed by atoms with Crippen LogP contribution < -0.4 is 5.32 Å². The van der Waals surface area contributed by atoms with Crippen LogP contribution in [0.25, 0.3) is 0 Å². The summed E-state index contributed by atoms with van der Waals surface area (Å²) >= 11 is 0. The van der Waals surface area contributed by atoms with Crippen molar-refractivity contribution < 1.29 is 9.53 Å². The van der Waals surface area contributed by atoms with E-state index in [0.29, 0.717) is 19.6 Å². The largest absolute Gasteiger partial charge is 0.466 e. The van der Waals surface area contributed by atoms with Crippen molar-refractivity contribution in [1.29, 1.82) is 0 Å². The molecule has 0 aliphatic heterocycles. The lowest BCUT2D eigenvalue weighted by Crippen LogP contribution is -2.08. The van der Waals surface area contributed by atoms with Crippen molar-refractivity contribution in [1.82, 2.24) is 9.97 Å². The van der Waals surface area contributed by atoms with E-state index in [9.17, 15) is 4.79 Å². The molecule has 1 aromatic heterocycles. The minimum atomic E-state index is -0.154. The van der Waals surface area contributed by atoms with Gasteiger partial charge in [0.05, 0.1) is 12.8 Å². The molecule has 0 amide bonds. The maximum absolute atomic E-state index is 11.0. The van der Waals surface area contributed by atoms with E-state index in [-0.39, 0.29) is 5.97 Å². The number of nitrogens with zero attached hydrogens (tertiary/aromatic N) is 2. The van der Waals surface area contributed by atoms with Crippen molar-refractivity contribution in [3.8, 4) is 0 Å². The first-order valence-corrected chi connectivity index (χ1v) is 4.98. The van der Waals surface area contributed by atoms with E-state index in [4.69, 9.17) is 4.74 Å². The third-order valence-electron chi connectivity index (χ3n) is 1.73. The minimum absolute atomic E-state index is 0.154. The van der Waals surface area contributed by atoms with Gasteiger partial charge in [-0.2, -0.15) is 0 Å². The topological polar surface area (TPSA) is 64.1 Å². The zero-order valence-corrected chi connectivity index (χ0v) is 8.77. The van der Waals surface area contributed by atoms with Crippen LogP contribution in [0.1, 0.15) is 19.8 Å². The summed E-state index contributed by atoms with van der Waals surface area (Å²) in [6, 6.07) is 0. The molecule has 82 valence electrons. The molecule has 0 aliphatic carbocycles. The highest BCUT2D eigenvalue weighted by Crippen LogP contribution is 1.99. The number of hydrogen-bond acceptors (Lipinski definition) is 5. The van der Waals surface area contributed by atoms with Crippen LogP contribution in [0.2, 0.25) is 0 Å². The molecule has 0 bridgehead atoms. The monoisotopic (exact) mass is 209 g/mol. The summed E-state index contributed by atoms with van der Waals surface area (Å²) in [6.45, 7) is 2.93. The van der Waals surface area contributed by atoms with Crippen molar-refractivity contribution in [3.63, 3.8) is 0 Å². The summed E-state index contributed by atoms with van der Waals surface area (Å²) in [5, 5.41) is 3.06. The van der Waals surface area contributed by atoms with Crippen molar-refractivity contribution in [2.75, 3.05) is 18.5 Å². The maximum atomic E-state index is 11.0. The second kappa shape index (κ2) is 6.75. The lowest BCUT2D eigenvalue weighted by atomic mass is 10.3. The first-order chi connectivity index (χ1) is 7.33. The van der Waals surface area contributed by atoms with Gasteiger partial charge in [-0.25, -0.2) is 4.98 Å². The third-order valence-corrected chi connectivity index (χ3v) is 1.73. The molecule has 15 heavy (non-hydrogen) atoms. The number of rotatable bonds is 6. The Morgan fingerprint density at radius 2 is 2.40 bits per heavy atom. The van der Waals surface area contributed by atoms with Crippen LogP contribution in [0.5, 0.6) is 0 Å². The molecule has 1 N–H and O–H groups in total. The Labute approximate surface area is 88.9 Å². The highest BCUT2D eigenvalue weighted by atomic mass is 16.5. The van der Waals surface area contributed by atoms with Gasteiger partial charge in [-0.3, -0.25) is 9.78 Å². The quantitative estimate of drug-likeness (QED) is 0.564. The second-order valence-corrected chi connectivity index (χ2v) is 2.93. The molecule has 0 spiro atoms. The normalized spacial score (nSPS) is 9.67. The van der Waals surface area contributed by atoms with Crippen LogP contribution in [-0.2, 0) is 9.53 Å². The van der Waals surface area contributed by atoms with E-state index in [1.54, 1.807) is 25.5 Å². The molecule has 1 aromatic rings. The number of carbonyl (C=O) groups is 1. The van der Waals surface area contributed by atoms with Gasteiger partial charge in [0.25, 0.3) is 0 Å².